The molecule has 0 aliphatic carbocycles. The quantitative estimate of drug-likeness (QED) is 0.638. The first kappa shape index (κ1) is 19.9. The zero-order valence-electron chi connectivity index (χ0n) is 14.5. The average molecular weight is 365 g/mol. The Morgan fingerprint density at radius 1 is 1.19 bits per heavy atom. The summed E-state index contributed by atoms with van der Waals surface area (Å²) in [6, 6.07) is 7.43. The molecule has 2 rings (SSSR count). The maximum atomic E-state index is 12.1. The van der Waals surface area contributed by atoms with E-state index in [-0.39, 0.29) is 25.6 Å². The molecule has 1 aliphatic rings. The van der Waals surface area contributed by atoms with Gasteiger partial charge in [-0.1, -0.05) is 24.6 Å². The van der Waals surface area contributed by atoms with Gasteiger partial charge in [0.2, 0.25) is 0 Å². The van der Waals surface area contributed by atoms with Crippen LogP contribution in [0.5, 0.6) is 0 Å². The van der Waals surface area contributed by atoms with Crippen LogP contribution >= 0.6 is 0 Å². The Balaban J connectivity index is 1.78. The third kappa shape index (κ3) is 5.27. The Bertz CT molecular complexity index is 638. The molecule has 1 aromatic rings. The average Bonchev–Trinajstić information content (AvgIpc) is 2.63. The van der Waals surface area contributed by atoms with E-state index in [0.717, 1.165) is 0 Å². The number of amides is 1. The van der Waals surface area contributed by atoms with Crippen molar-refractivity contribution in [3.8, 4) is 0 Å². The third-order valence-electron chi connectivity index (χ3n) is 4.32. The normalized spacial score (nSPS) is 23.8. The number of carbonyl (C=O) groups is 3. The molecule has 0 spiro atoms. The van der Waals surface area contributed by atoms with Crippen molar-refractivity contribution in [2.24, 2.45) is 5.92 Å². The van der Waals surface area contributed by atoms with Gasteiger partial charge in [0.25, 0.3) is 11.7 Å². The zero-order chi connectivity index (χ0) is 19.2. The van der Waals surface area contributed by atoms with Crippen molar-refractivity contribution in [2.45, 2.75) is 38.0 Å². The number of carboxylic acids is 2. The Labute approximate surface area is 151 Å². The van der Waals surface area contributed by atoms with Crippen molar-refractivity contribution in [1.29, 1.82) is 0 Å². The first-order valence-corrected chi connectivity index (χ1v) is 8.42. The minimum atomic E-state index is -1.62. The Morgan fingerprint density at radius 3 is 2.35 bits per heavy atom. The summed E-state index contributed by atoms with van der Waals surface area (Å²) in [5, 5.41) is 20.8. The van der Waals surface area contributed by atoms with Gasteiger partial charge in [-0.2, -0.15) is 0 Å². The SMILES string of the molecule is C[C@]1(C(=O)O)OC[C@@H](CCCC(NC(=O)c2ccccc2)C(=O)O)CO1. The van der Waals surface area contributed by atoms with Crippen molar-refractivity contribution in [1.82, 2.24) is 5.32 Å². The molecule has 0 radical (unpaired) electrons. The fraction of sp³-hybridized carbons (Fsp3) is 0.500. The van der Waals surface area contributed by atoms with Crippen molar-refractivity contribution in [3.63, 3.8) is 0 Å². The minimum absolute atomic E-state index is 0.0123. The maximum absolute atomic E-state index is 12.1. The summed E-state index contributed by atoms with van der Waals surface area (Å²) in [6.07, 6.45) is 1.41. The molecule has 0 bridgehead atoms. The van der Waals surface area contributed by atoms with Crippen molar-refractivity contribution in [3.05, 3.63) is 35.9 Å². The second-order valence-electron chi connectivity index (χ2n) is 6.40. The van der Waals surface area contributed by atoms with Gasteiger partial charge in [-0.15, -0.1) is 0 Å². The van der Waals surface area contributed by atoms with Gasteiger partial charge in [0, 0.05) is 18.4 Å². The lowest BCUT2D eigenvalue weighted by Gasteiger charge is -2.34. The van der Waals surface area contributed by atoms with Gasteiger partial charge < -0.3 is 25.0 Å². The van der Waals surface area contributed by atoms with Gasteiger partial charge in [-0.05, 0) is 25.0 Å². The van der Waals surface area contributed by atoms with Gasteiger partial charge in [-0.3, -0.25) is 4.79 Å². The van der Waals surface area contributed by atoms with E-state index in [4.69, 9.17) is 14.6 Å². The van der Waals surface area contributed by atoms with Crippen molar-refractivity contribution >= 4 is 17.8 Å². The van der Waals surface area contributed by atoms with Crippen LogP contribution in [0.2, 0.25) is 0 Å². The van der Waals surface area contributed by atoms with Crippen LogP contribution in [0.25, 0.3) is 0 Å². The molecule has 1 unspecified atom stereocenters. The largest absolute Gasteiger partial charge is 0.480 e. The molecule has 1 fully saturated rings. The predicted octanol–water partition coefficient (Wildman–Crippen LogP) is 1.50. The molecule has 26 heavy (non-hydrogen) atoms. The molecule has 1 amide bonds. The summed E-state index contributed by atoms with van der Waals surface area (Å²) in [6.45, 7) is 1.82. The molecule has 0 saturated carbocycles. The number of rotatable bonds is 8. The highest BCUT2D eigenvalue weighted by molar-refractivity contribution is 5.96. The zero-order valence-corrected chi connectivity index (χ0v) is 14.5. The van der Waals surface area contributed by atoms with Crippen LogP contribution in [0, 0.1) is 5.92 Å². The van der Waals surface area contributed by atoms with Crippen molar-refractivity contribution < 1.29 is 34.1 Å². The van der Waals surface area contributed by atoms with Gasteiger partial charge in [0.05, 0.1) is 13.2 Å². The van der Waals surface area contributed by atoms with Crippen LogP contribution in [0.3, 0.4) is 0 Å². The number of hydrogen-bond acceptors (Lipinski definition) is 5. The van der Waals surface area contributed by atoms with E-state index >= 15 is 0 Å². The van der Waals surface area contributed by atoms with Crippen LogP contribution in [0.1, 0.15) is 36.5 Å². The van der Waals surface area contributed by atoms with E-state index in [2.05, 4.69) is 5.32 Å². The molecule has 1 aliphatic heterocycles. The summed E-state index contributed by atoms with van der Waals surface area (Å²) in [7, 11) is 0. The number of hydrogen-bond donors (Lipinski definition) is 3. The van der Waals surface area contributed by atoms with E-state index in [0.29, 0.717) is 18.4 Å². The van der Waals surface area contributed by atoms with Gasteiger partial charge in [0.15, 0.2) is 0 Å². The summed E-state index contributed by atoms with van der Waals surface area (Å²) in [5.74, 6) is -4.33. The van der Waals surface area contributed by atoms with Crippen LogP contribution in [-0.2, 0) is 19.1 Å². The Kier molecular flexibility index (Phi) is 6.70. The Morgan fingerprint density at radius 2 is 1.81 bits per heavy atom. The van der Waals surface area contributed by atoms with E-state index in [9.17, 15) is 19.5 Å². The van der Waals surface area contributed by atoms with Crippen LogP contribution in [0.15, 0.2) is 30.3 Å². The molecule has 1 aromatic carbocycles. The molecular formula is C18H23NO7. The first-order valence-electron chi connectivity index (χ1n) is 8.42. The fourth-order valence-electron chi connectivity index (χ4n) is 2.63. The van der Waals surface area contributed by atoms with Crippen molar-refractivity contribution in [2.75, 3.05) is 13.2 Å². The summed E-state index contributed by atoms with van der Waals surface area (Å²) in [4.78, 5) is 34.5. The molecule has 142 valence electrons. The fourth-order valence-corrected chi connectivity index (χ4v) is 2.63. The molecule has 1 heterocycles. The predicted molar refractivity (Wildman–Crippen MR) is 90.6 cm³/mol. The molecule has 3 N–H and O–H groups in total. The standard InChI is InChI=1S/C18H23NO7/c1-18(17(23)24)25-10-12(11-26-18)6-5-9-14(16(21)22)19-15(20)13-7-3-2-4-8-13/h2-4,7-8,12,14H,5-6,9-11H2,1H3,(H,19,20)(H,21,22)(H,23,24)/t12-,14?,18+. The maximum Gasteiger partial charge on any atom is 0.364 e. The molecular weight excluding hydrogens is 342 g/mol. The first-order chi connectivity index (χ1) is 12.3. The summed E-state index contributed by atoms with van der Waals surface area (Å²) < 4.78 is 10.5. The van der Waals surface area contributed by atoms with Crippen LogP contribution in [0.4, 0.5) is 0 Å². The van der Waals surface area contributed by atoms with E-state index in [1.54, 1.807) is 30.3 Å². The highest BCUT2D eigenvalue weighted by Crippen LogP contribution is 2.24. The van der Waals surface area contributed by atoms with Gasteiger partial charge in [-0.25, -0.2) is 9.59 Å². The lowest BCUT2D eigenvalue weighted by atomic mass is 9.99. The molecule has 8 nitrogen and oxygen atoms in total. The number of ether oxygens (including phenoxy) is 2. The van der Waals surface area contributed by atoms with E-state index in [1.165, 1.54) is 6.92 Å². The number of aliphatic carboxylic acids is 2. The van der Waals surface area contributed by atoms with Gasteiger partial charge in [0.1, 0.15) is 6.04 Å². The number of nitrogens with one attached hydrogen (secondary N) is 1. The molecule has 1 atom stereocenters. The van der Waals surface area contributed by atoms with Crippen LogP contribution in [-0.4, -0.2) is 53.1 Å². The number of carbonyl (C=O) groups excluding carboxylic acids is 1. The monoisotopic (exact) mass is 365 g/mol. The number of benzene rings is 1. The van der Waals surface area contributed by atoms with Crippen LogP contribution < -0.4 is 5.32 Å². The highest BCUT2D eigenvalue weighted by Gasteiger charge is 2.40. The smallest absolute Gasteiger partial charge is 0.364 e. The second-order valence-corrected chi connectivity index (χ2v) is 6.40. The highest BCUT2D eigenvalue weighted by atomic mass is 16.7. The second kappa shape index (κ2) is 8.77. The summed E-state index contributed by atoms with van der Waals surface area (Å²) in [5.41, 5.74) is 0.404. The van der Waals surface area contributed by atoms with E-state index in [1.807, 2.05) is 0 Å². The lowest BCUT2D eigenvalue weighted by Crippen LogP contribution is -2.48. The topological polar surface area (TPSA) is 122 Å². The van der Waals surface area contributed by atoms with Gasteiger partial charge >= 0.3 is 11.9 Å². The van der Waals surface area contributed by atoms with E-state index < -0.39 is 29.7 Å². The molecule has 8 heteroatoms. The third-order valence-corrected chi connectivity index (χ3v) is 4.32. The molecule has 1 saturated heterocycles. The minimum Gasteiger partial charge on any atom is -0.480 e. The summed E-state index contributed by atoms with van der Waals surface area (Å²) >= 11 is 0. The molecule has 0 aromatic heterocycles. The lowest BCUT2D eigenvalue weighted by molar-refractivity contribution is -0.271. The Hall–Kier alpha value is -2.45. The number of carboxylic acid groups (broad SMARTS) is 2.